The fraction of sp³-hybridized carbons (Fsp3) is 0.294. The standard InChI is InChI=1S/C17H19FN2/c1-11-8-17(16(19)10-15(11)18)20-14-7-6-12-4-2-3-5-13(12)9-14/h2-5,8,10,14,20H,6-7,9,19H2,1H3. The van der Waals surface area contributed by atoms with Crippen LogP contribution in [-0.4, -0.2) is 6.04 Å². The summed E-state index contributed by atoms with van der Waals surface area (Å²) in [4.78, 5) is 0. The van der Waals surface area contributed by atoms with E-state index in [1.165, 1.54) is 17.2 Å². The number of anilines is 2. The van der Waals surface area contributed by atoms with Gasteiger partial charge >= 0.3 is 0 Å². The minimum atomic E-state index is -0.248. The van der Waals surface area contributed by atoms with E-state index in [0.717, 1.165) is 24.9 Å². The number of nitrogens with two attached hydrogens (primary N) is 1. The fourth-order valence-electron chi connectivity index (χ4n) is 2.86. The van der Waals surface area contributed by atoms with Crippen LogP contribution in [0.4, 0.5) is 15.8 Å². The number of aryl methyl sites for hydroxylation is 2. The minimum Gasteiger partial charge on any atom is -0.397 e. The van der Waals surface area contributed by atoms with E-state index in [4.69, 9.17) is 5.73 Å². The van der Waals surface area contributed by atoms with Crippen LogP contribution in [0.25, 0.3) is 0 Å². The lowest BCUT2D eigenvalue weighted by atomic mass is 9.88. The summed E-state index contributed by atoms with van der Waals surface area (Å²) in [5.74, 6) is -0.248. The molecule has 0 saturated carbocycles. The zero-order valence-corrected chi connectivity index (χ0v) is 11.6. The van der Waals surface area contributed by atoms with E-state index in [1.54, 1.807) is 13.0 Å². The summed E-state index contributed by atoms with van der Waals surface area (Å²) >= 11 is 0. The van der Waals surface area contributed by atoms with Gasteiger partial charge in [-0.25, -0.2) is 4.39 Å². The van der Waals surface area contributed by atoms with Crippen molar-refractivity contribution in [3.05, 3.63) is 58.9 Å². The fourth-order valence-corrected chi connectivity index (χ4v) is 2.86. The Hall–Kier alpha value is -2.03. The Morgan fingerprint density at radius 3 is 2.75 bits per heavy atom. The summed E-state index contributed by atoms with van der Waals surface area (Å²) in [7, 11) is 0. The predicted molar refractivity (Wildman–Crippen MR) is 81.4 cm³/mol. The van der Waals surface area contributed by atoms with Crippen molar-refractivity contribution >= 4 is 11.4 Å². The molecule has 0 heterocycles. The van der Waals surface area contributed by atoms with Gasteiger partial charge in [0.15, 0.2) is 0 Å². The van der Waals surface area contributed by atoms with Crippen molar-refractivity contribution in [2.75, 3.05) is 11.1 Å². The van der Waals surface area contributed by atoms with E-state index < -0.39 is 0 Å². The van der Waals surface area contributed by atoms with Gasteiger partial charge in [-0.1, -0.05) is 24.3 Å². The lowest BCUT2D eigenvalue weighted by molar-refractivity contribution is 0.608. The number of hydrogen-bond acceptors (Lipinski definition) is 2. The molecule has 2 aromatic rings. The molecule has 3 N–H and O–H groups in total. The number of nitrogen functional groups attached to an aromatic ring is 1. The van der Waals surface area contributed by atoms with Crippen molar-refractivity contribution < 1.29 is 4.39 Å². The number of benzene rings is 2. The van der Waals surface area contributed by atoms with Gasteiger partial charge in [-0.2, -0.15) is 0 Å². The summed E-state index contributed by atoms with van der Waals surface area (Å²) in [5, 5.41) is 3.47. The minimum absolute atomic E-state index is 0.248. The van der Waals surface area contributed by atoms with Gasteiger partial charge in [0.2, 0.25) is 0 Å². The average molecular weight is 270 g/mol. The molecular weight excluding hydrogens is 251 g/mol. The monoisotopic (exact) mass is 270 g/mol. The highest BCUT2D eigenvalue weighted by atomic mass is 19.1. The molecule has 0 amide bonds. The summed E-state index contributed by atoms with van der Waals surface area (Å²) in [6.45, 7) is 1.76. The quantitative estimate of drug-likeness (QED) is 0.817. The van der Waals surface area contributed by atoms with Crippen LogP contribution in [0, 0.1) is 12.7 Å². The Morgan fingerprint density at radius 2 is 1.95 bits per heavy atom. The first-order valence-corrected chi connectivity index (χ1v) is 7.02. The molecule has 1 unspecified atom stereocenters. The van der Waals surface area contributed by atoms with Crippen LogP contribution in [0.15, 0.2) is 36.4 Å². The van der Waals surface area contributed by atoms with E-state index in [9.17, 15) is 4.39 Å². The summed E-state index contributed by atoms with van der Waals surface area (Å²) in [5.41, 5.74) is 10.7. The third kappa shape index (κ3) is 2.48. The van der Waals surface area contributed by atoms with Crippen molar-refractivity contribution in [3.63, 3.8) is 0 Å². The van der Waals surface area contributed by atoms with E-state index in [0.29, 0.717) is 17.3 Å². The Labute approximate surface area is 118 Å². The van der Waals surface area contributed by atoms with Gasteiger partial charge in [-0.05, 0) is 55.0 Å². The van der Waals surface area contributed by atoms with Crippen molar-refractivity contribution in [1.29, 1.82) is 0 Å². The SMILES string of the molecule is Cc1cc(NC2CCc3ccccc3C2)c(N)cc1F. The van der Waals surface area contributed by atoms with Gasteiger partial charge in [0.05, 0.1) is 11.4 Å². The number of halogens is 1. The van der Waals surface area contributed by atoms with Crippen LogP contribution in [-0.2, 0) is 12.8 Å². The van der Waals surface area contributed by atoms with Crippen LogP contribution in [0.5, 0.6) is 0 Å². The summed E-state index contributed by atoms with van der Waals surface area (Å²) in [6.07, 6.45) is 3.15. The normalized spacial score (nSPS) is 17.6. The smallest absolute Gasteiger partial charge is 0.128 e. The second kappa shape index (κ2) is 5.16. The van der Waals surface area contributed by atoms with Crippen LogP contribution < -0.4 is 11.1 Å². The molecule has 0 saturated heterocycles. The summed E-state index contributed by atoms with van der Waals surface area (Å²) < 4.78 is 13.4. The molecule has 1 aliphatic rings. The molecule has 20 heavy (non-hydrogen) atoms. The van der Waals surface area contributed by atoms with Gasteiger partial charge in [-0.3, -0.25) is 0 Å². The van der Waals surface area contributed by atoms with Crippen molar-refractivity contribution in [2.24, 2.45) is 0 Å². The zero-order chi connectivity index (χ0) is 14.1. The first kappa shape index (κ1) is 13.0. The Morgan fingerprint density at radius 1 is 1.20 bits per heavy atom. The van der Waals surface area contributed by atoms with Crippen LogP contribution in [0.2, 0.25) is 0 Å². The largest absolute Gasteiger partial charge is 0.397 e. The van der Waals surface area contributed by atoms with Gasteiger partial charge in [0.25, 0.3) is 0 Å². The van der Waals surface area contributed by atoms with Crippen LogP contribution in [0.3, 0.4) is 0 Å². The lowest BCUT2D eigenvalue weighted by Crippen LogP contribution is -2.27. The van der Waals surface area contributed by atoms with Crippen molar-refractivity contribution in [1.82, 2.24) is 0 Å². The number of rotatable bonds is 2. The molecule has 0 bridgehead atoms. The Kier molecular flexibility index (Phi) is 3.35. The third-order valence-corrected chi connectivity index (χ3v) is 4.04. The average Bonchev–Trinajstić information content (AvgIpc) is 2.44. The molecule has 1 atom stereocenters. The first-order valence-electron chi connectivity index (χ1n) is 7.02. The van der Waals surface area contributed by atoms with Gasteiger partial charge in [0, 0.05) is 6.04 Å². The molecule has 0 spiro atoms. The molecule has 3 rings (SSSR count). The second-order valence-corrected chi connectivity index (χ2v) is 5.54. The molecule has 2 nitrogen and oxygen atoms in total. The van der Waals surface area contributed by atoms with E-state index >= 15 is 0 Å². The predicted octanol–water partition coefficient (Wildman–Crippen LogP) is 3.69. The van der Waals surface area contributed by atoms with Gasteiger partial charge in [-0.15, -0.1) is 0 Å². The van der Waals surface area contributed by atoms with Crippen molar-refractivity contribution in [2.45, 2.75) is 32.2 Å². The highest BCUT2D eigenvalue weighted by Crippen LogP contribution is 2.27. The number of nitrogens with one attached hydrogen (secondary N) is 1. The molecule has 2 aromatic carbocycles. The molecule has 0 aliphatic heterocycles. The molecular formula is C17H19FN2. The molecule has 0 aromatic heterocycles. The lowest BCUT2D eigenvalue weighted by Gasteiger charge is -2.27. The second-order valence-electron chi connectivity index (χ2n) is 5.54. The van der Waals surface area contributed by atoms with Gasteiger partial charge < -0.3 is 11.1 Å². The Bertz CT molecular complexity index is 637. The van der Waals surface area contributed by atoms with E-state index in [-0.39, 0.29) is 5.82 Å². The maximum Gasteiger partial charge on any atom is 0.128 e. The third-order valence-electron chi connectivity index (χ3n) is 4.04. The van der Waals surface area contributed by atoms with E-state index in [1.807, 2.05) is 0 Å². The van der Waals surface area contributed by atoms with Crippen LogP contribution >= 0.6 is 0 Å². The maximum absolute atomic E-state index is 13.4. The molecule has 1 aliphatic carbocycles. The number of fused-ring (bicyclic) bond motifs is 1. The zero-order valence-electron chi connectivity index (χ0n) is 11.6. The van der Waals surface area contributed by atoms with Crippen LogP contribution in [0.1, 0.15) is 23.1 Å². The molecule has 0 radical (unpaired) electrons. The van der Waals surface area contributed by atoms with E-state index in [2.05, 4.69) is 29.6 Å². The maximum atomic E-state index is 13.4. The topological polar surface area (TPSA) is 38.0 Å². The summed E-state index contributed by atoms with van der Waals surface area (Å²) in [6, 6.07) is 12.1. The highest BCUT2D eigenvalue weighted by molar-refractivity contribution is 5.67. The number of hydrogen-bond donors (Lipinski definition) is 2. The molecule has 3 heteroatoms. The van der Waals surface area contributed by atoms with Crippen molar-refractivity contribution in [3.8, 4) is 0 Å². The highest BCUT2D eigenvalue weighted by Gasteiger charge is 2.19. The molecule has 0 fully saturated rings. The molecule has 104 valence electrons. The first-order chi connectivity index (χ1) is 9.63. The van der Waals surface area contributed by atoms with Gasteiger partial charge in [0.1, 0.15) is 5.82 Å². The Balaban J connectivity index is 1.78.